The van der Waals surface area contributed by atoms with Gasteiger partial charge in [0.25, 0.3) is 5.91 Å². The Morgan fingerprint density at radius 2 is 1.96 bits per heavy atom. The Hall–Kier alpha value is -3.06. The van der Waals surface area contributed by atoms with Gasteiger partial charge in [0.05, 0.1) is 21.8 Å². The Bertz CT molecular complexity index is 1010. The van der Waals surface area contributed by atoms with Crippen molar-refractivity contribution in [1.29, 1.82) is 0 Å². The molecule has 3 aromatic rings. The average Bonchev–Trinajstić information content (AvgIpc) is 2.90. The van der Waals surface area contributed by atoms with E-state index < -0.39 is 11.7 Å². The maximum absolute atomic E-state index is 12.5. The highest BCUT2D eigenvalue weighted by Gasteiger charge is 2.15. The lowest BCUT2D eigenvalue weighted by molar-refractivity contribution is -0.114. The number of hydrogen-bond acceptors (Lipinski definition) is 4. The summed E-state index contributed by atoms with van der Waals surface area (Å²) in [5.74, 6) is -1.36. The van der Waals surface area contributed by atoms with Crippen molar-refractivity contribution in [2.24, 2.45) is 0 Å². The van der Waals surface area contributed by atoms with Crippen molar-refractivity contribution in [2.75, 3.05) is 10.6 Å². The van der Waals surface area contributed by atoms with E-state index in [9.17, 15) is 14.4 Å². The molecule has 2 aromatic carbocycles. The molecule has 2 amide bonds. The summed E-state index contributed by atoms with van der Waals surface area (Å²) in [5.41, 5.74) is 1.65. The predicted octanol–water partition coefficient (Wildman–Crippen LogP) is 2.99. The van der Waals surface area contributed by atoms with Gasteiger partial charge in [0.2, 0.25) is 5.91 Å². The maximum atomic E-state index is 12.5. The SMILES string of the molecule is CC(=O)Nc1ccc(Cl)c(NC(=O)c2cccc3oc(=O)[nH]c23)c1. The number of H-pyrrole nitrogens is 1. The Labute approximate surface area is 140 Å². The van der Waals surface area contributed by atoms with Crippen LogP contribution in [0.5, 0.6) is 0 Å². The number of anilines is 2. The second-order valence-electron chi connectivity index (χ2n) is 5.02. The fourth-order valence-electron chi connectivity index (χ4n) is 2.25. The van der Waals surface area contributed by atoms with Crippen LogP contribution < -0.4 is 16.4 Å². The molecule has 8 heteroatoms. The summed E-state index contributed by atoms with van der Waals surface area (Å²) in [5, 5.41) is 5.57. The van der Waals surface area contributed by atoms with E-state index in [1.807, 2.05) is 0 Å². The lowest BCUT2D eigenvalue weighted by Gasteiger charge is -2.10. The summed E-state index contributed by atoms with van der Waals surface area (Å²) >= 11 is 6.08. The molecule has 1 aromatic heterocycles. The van der Waals surface area contributed by atoms with Gasteiger partial charge in [0.15, 0.2) is 5.58 Å². The number of benzene rings is 2. The van der Waals surface area contributed by atoms with Crippen molar-refractivity contribution in [3.05, 3.63) is 57.5 Å². The fraction of sp³-hybridized carbons (Fsp3) is 0.0625. The topological polar surface area (TPSA) is 104 Å². The van der Waals surface area contributed by atoms with Crippen LogP contribution >= 0.6 is 11.6 Å². The second kappa shape index (κ2) is 6.21. The summed E-state index contributed by atoms with van der Waals surface area (Å²) in [7, 11) is 0. The Morgan fingerprint density at radius 3 is 2.71 bits per heavy atom. The van der Waals surface area contributed by atoms with E-state index in [2.05, 4.69) is 15.6 Å². The zero-order valence-electron chi connectivity index (χ0n) is 12.5. The molecule has 3 rings (SSSR count). The van der Waals surface area contributed by atoms with Crippen LogP contribution in [0.1, 0.15) is 17.3 Å². The number of hydrogen-bond donors (Lipinski definition) is 3. The Kier molecular flexibility index (Phi) is 4.09. The molecular formula is C16H12ClN3O4. The lowest BCUT2D eigenvalue weighted by atomic mass is 10.1. The number of amides is 2. The predicted molar refractivity (Wildman–Crippen MR) is 90.5 cm³/mol. The number of carbonyl (C=O) groups excluding carboxylic acids is 2. The zero-order valence-corrected chi connectivity index (χ0v) is 13.2. The van der Waals surface area contributed by atoms with Crippen LogP contribution in [-0.2, 0) is 4.79 Å². The van der Waals surface area contributed by atoms with Crippen LogP contribution in [0.3, 0.4) is 0 Å². The van der Waals surface area contributed by atoms with Crippen molar-refractivity contribution in [1.82, 2.24) is 4.98 Å². The largest absolute Gasteiger partial charge is 0.417 e. The van der Waals surface area contributed by atoms with Crippen molar-refractivity contribution >= 4 is 45.9 Å². The van der Waals surface area contributed by atoms with Crippen molar-refractivity contribution in [3.63, 3.8) is 0 Å². The molecule has 0 saturated carbocycles. The molecule has 122 valence electrons. The van der Waals surface area contributed by atoms with Crippen molar-refractivity contribution in [2.45, 2.75) is 6.92 Å². The minimum Gasteiger partial charge on any atom is -0.408 e. The van der Waals surface area contributed by atoms with Gasteiger partial charge in [-0.15, -0.1) is 0 Å². The highest BCUT2D eigenvalue weighted by molar-refractivity contribution is 6.34. The van der Waals surface area contributed by atoms with Crippen LogP contribution in [0, 0.1) is 0 Å². The first-order chi connectivity index (χ1) is 11.4. The summed E-state index contributed by atoms with van der Waals surface area (Å²) in [6.45, 7) is 1.38. The summed E-state index contributed by atoms with van der Waals surface area (Å²) in [4.78, 5) is 37.4. The van der Waals surface area contributed by atoms with Gasteiger partial charge >= 0.3 is 5.76 Å². The first-order valence-corrected chi connectivity index (χ1v) is 7.32. The number of rotatable bonds is 3. The van der Waals surface area contributed by atoms with Gasteiger partial charge in [-0.05, 0) is 30.3 Å². The third-order valence-electron chi connectivity index (χ3n) is 3.24. The van der Waals surface area contributed by atoms with Crippen LogP contribution in [-0.4, -0.2) is 16.8 Å². The average molecular weight is 346 g/mol. The van der Waals surface area contributed by atoms with Gasteiger partial charge in [0.1, 0.15) is 0 Å². The minimum atomic E-state index is -0.643. The highest BCUT2D eigenvalue weighted by Crippen LogP contribution is 2.27. The summed E-state index contributed by atoms with van der Waals surface area (Å²) in [6, 6.07) is 9.45. The number of halogens is 1. The Balaban J connectivity index is 1.94. The number of aromatic amines is 1. The molecule has 0 spiro atoms. The number of nitrogens with one attached hydrogen (secondary N) is 3. The monoisotopic (exact) mass is 345 g/mol. The molecule has 1 heterocycles. The van der Waals surface area contributed by atoms with Crippen LogP contribution in [0.2, 0.25) is 5.02 Å². The van der Waals surface area contributed by atoms with Crippen LogP contribution in [0.4, 0.5) is 11.4 Å². The zero-order chi connectivity index (χ0) is 17.3. The third kappa shape index (κ3) is 3.16. The van der Waals surface area contributed by atoms with E-state index in [4.69, 9.17) is 16.0 Å². The summed E-state index contributed by atoms with van der Waals surface area (Å²) in [6.07, 6.45) is 0. The Morgan fingerprint density at radius 1 is 1.17 bits per heavy atom. The number of aromatic nitrogens is 1. The first-order valence-electron chi connectivity index (χ1n) is 6.94. The number of carbonyl (C=O) groups is 2. The number of para-hydroxylation sites is 1. The number of oxazole rings is 1. The molecule has 7 nitrogen and oxygen atoms in total. The number of fused-ring (bicyclic) bond motifs is 1. The molecule has 0 radical (unpaired) electrons. The molecule has 0 unspecified atom stereocenters. The van der Waals surface area contributed by atoms with Gasteiger partial charge in [0, 0.05) is 12.6 Å². The van der Waals surface area contributed by atoms with Crippen molar-refractivity contribution in [3.8, 4) is 0 Å². The molecule has 0 saturated heterocycles. The smallest absolute Gasteiger partial charge is 0.408 e. The van der Waals surface area contributed by atoms with E-state index in [0.29, 0.717) is 21.9 Å². The third-order valence-corrected chi connectivity index (χ3v) is 3.57. The second-order valence-corrected chi connectivity index (χ2v) is 5.43. The summed E-state index contributed by atoms with van der Waals surface area (Å²) < 4.78 is 4.93. The molecule has 3 N–H and O–H groups in total. The van der Waals surface area contributed by atoms with Crippen LogP contribution in [0.25, 0.3) is 11.1 Å². The molecule has 0 aliphatic carbocycles. The molecular weight excluding hydrogens is 334 g/mol. The lowest BCUT2D eigenvalue weighted by Crippen LogP contribution is -2.14. The molecule has 0 atom stereocenters. The molecule has 0 bridgehead atoms. The molecule has 24 heavy (non-hydrogen) atoms. The van der Waals surface area contributed by atoms with E-state index >= 15 is 0 Å². The molecule has 0 fully saturated rings. The van der Waals surface area contributed by atoms with E-state index in [0.717, 1.165) is 0 Å². The molecule has 0 aliphatic heterocycles. The normalized spacial score (nSPS) is 10.6. The minimum absolute atomic E-state index is 0.236. The quantitative estimate of drug-likeness (QED) is 0.678. The van der Waals surface area contributed by atoms with Gasteiger partial charge < -0.3 is 15.1 Å². The van der Waals surface area contributed by atoms with E-state index in [-0.39, 0.29) is 17.1 Å². The first kappa shape index (κ1) is 15.8. The van der Waals surface area contributed by atoms with Gasteiger partial charge in [-0.3, -0.25) is 14.6 Å². The van der Waals surface area contributed by atoms with Crippen LogP contribution in [0.15, 0.2) is 45.6 Å². The fourth-order valence-corrected chi connectivity index (χ4v) is 2.42. The van der Waals surface area contributed by atoms with E-state index in [1.54, 1.807) is 36.4 Å². The van der Waals surface area contributed by atoms with E-state index in [1.165, 1.54) is 6.92 Å². The van der Waals surface area contributed by atoms with Gasteiger partial charge in [-0.25, -0.2) is 4.79 Å². The standard InChI is InChI=1S/C16H12ClN3O4/c1-8(21)18-9-5-6-11(17)12(7-9)19-15(22)10-3-2-4-13-14(10)20-16(23)24-13/h2-7H,1H3,(H,18,21)(H,19,22)(H,20,23). The molecule has 0 aliphatic rings. The van der Waals surface area contributed by atoms with Crippen molar-refractivity contribution < 1.29 is 14.0 Å². The van der Waals surface area contributed by atoms with Gasteiger partial charge in [-0.2, -0.15) is 0 Å². The van der Waals surface area contributed by atoms with Gasteiger partial charge in [-0.1, -0.05) is 17.7 Å². The maximum Gasteiger partial charge on any atom is 0.417 e. The highest BCUT2D eigenvalue weighted by atomic mass is 35.5.